The van der Waals surface area contributed by atoms with Crippen LogP contribution in [-0.2, 0) is 0 Å². The third-order valence-corrected chi connectivity index (χ3v) is 2.39. The summed E-state index contributed by atoms with van der Waals surface area (Å²) in [5.41, 5.74) is 0.658. The Bertz CT molecular complexity index is 330. The minimum atomic E-state index is -0.266. The van der Waals surface area contributed by atoms with Crippen LogP contribution < -0.4 is 0 Å². The fourth-order valence-corrected chi connectivity index (χ4v) is 1.44. The Hall–Kier alpha value is 0.440. The number of halogens is 4. The van der Waals surface area contributed by atoms with Crippen LogP contribution in [0.5, 0.6) is 0 Å². The van der Waals surface area contributed by atoms with Crippen LogP contribution in [0.25, 0.3) is 0 Å². The molecule has 0 heterocycles. The summed E-state index contributed by atoms with van der Waals surface area (Å²) in [6.07, 6.45) is 0. The third kappa shape index (κ3) is 3.99. The van der Waals surface area contributed by atoms with Crippen LogP contribution in [0, 0.1) is 9.39 Å². The first-order valence-electron chi connectivity index (χ1n) is 3.23. The summed E-state index contributed by atoms with van der Waals surface area (Å²) in [7, 11) is 0. The molecule has 0 atom stereocenters. The van der Waals surface area contributed by atoms with Crippen molar-refractivity contribution in [2.75, 3.05) is 0 Å². The number of rotatable bonds is 2. The van der Waals surface area contributed by atoms with Crippen molar-refractivity contribution in [1.82, 2.24) is 0 Å². The quantitative estimate of drug-likeness (QED) is 0.289. The summed E-state index contributed by atoms with van der Waals surface area (Å²) in [5, 5.41) is 7.72. The lowest BCUT2D eigenvalue weighted by Gasteiger charge is -1.96. The van der Waals surface area contributed by atoms with E-state index in [4.69, 9.17) is 0 Å². The van der Waals surface area contributed by atoms with Gasteiger partial charge in [0.1, 0.15) is 5.82 Å². The van der Waals surface area contributed by atoms with Gasteiger partial charge < -0.3 is 0 Å². The van der Waals surface area contributed by atoms with Gasteiger partial charge in [-0.15, -0.1) is 0 Å². The smallest absolute Gasteiger partial charge is 0.180 e. The van der Waals surface area contributed by atoms with Crippen LogP contribution in [0.4, 0.5) is 10.1 Å². The first-order valence-corrected chi connectivity index (χ1v) is 6.14. The number of azo groups is 1. The molecule has 0 saturated carbocycles. The van der Waals surface area contributed by atoms with Gasteiger partial charge in [-0.2, -0.15) is 10.2 Å². The molecule has 0 unspecified atom stereocenters. The van der Waals surface area contributed by atoms with Crippen LogP contribution in [0.2, 0.25) is 0 Å². The Morgan fingerprint density at radius 2 is 2.08 bits per heavy atom. The average molecular weight is 422 g/mol. The molecule has 0 aliphatic heterocycles. The second kappa shape index (κ2) is 5.35. The maximum Gasteiger partial charge on any atom is 0.180 e. The van der Waals surface area contributed by atoms with Gasteiger partial charge in [-0.05, 0) is 72.6 Å². The van der Waals surface area contributed by atoms with Crippen molar-refractivity contribution in [3.63, 3.8) is 0 Å². The summed E-state index contributed by atoms with van der Waals surface area (Å²) in [6, 6.07) is 4.35. The predicted molar refractivity (Wildman–Crippen MR) is 65.3 cm³/mol. The monoisotopic (exact) mass is 420 g/mol. The number of benzene rings is 1. The lowest BCUT2D eigenvalue weighted by Crippen LogP contribution is -1.78. The minimum Gasteiger partial charge on any atom is -0.207 e. The zero-order valence-corrected chi connectivity index (χ0v) is 11.5. The van der Waals surface area contributed by atoms with Crippen molar-refractivity contribution in [2.45, 2.75) is 3.86 Å². The van der Waals surface area contributed by atoms with Crippen molar-refractivity contribution >= 4 is 60.1 Å². The fourth-order valence-electron chi connectivity index (χ4n) is 0.668. The Balaban J connectivity index is 2.90. The van der Waals surface area contributed by atoms with Gasteiger partial charge in [0, 0.05) is 3.57 Å². The molecular weight excluding hydrogens is 418 g/mol. The van der Waals surface area contributed by atoms with Gasteiger partial charge in [-0.3, -0.25) is 0 Å². The van der Waals surface area contributed by atoms with Crippen molar-refractivity contribution < 1.29 is 4.39 Å². The normalized spacial score (nSPS) is 11.5. The van der Waals surface area contributed by atoms with E-state index in [0.717, 1.165) is 3.57 Å². The second-order valence-electron chi connectivity index (χ2n) is 2.09. The molecule has 6 heteroatoms. The maximum atomic E-state index is 12.7. The van der Waals surface area contributed by atoms with E-state index in [1.807, 2.05) is 22.6 Å². The minimum absolute atomic E-state index is 0.208. The maximum absolute atomic E-state index is 12.7. The molecule has 0 aliphatic rings. The van der Waals surface area contributed by atoms with Gasteiger partial charge in [-0.25, -0.2) is 4.39 Å². The fraction of sp³-hybridized carbons (Fsp3) is 0.143. The van der Waals surface area contributed by atoms with Crippen molar-refractivity contribution in [2.24, 2.45) is 10.2 Å². The van der Waals surface area contributed by atoms with E-state index in [2.05, 4.69) is 42.1 Å². The molecule has 0 bridgehead atoms. The molecule has 0 amide bonds. The Morgan fingerprint density at radius 3 is 2.62 bits per heavy atom. The van der Waals surface area contributed by atoms with Crippen LogP contribution >= 0.6 is 54.5 Å². The molecule has 2 nitrogen and oxygen atoms in total. The lowest BCUT2D eigenvalue weighted by atomic mass is 10.3. The third-order valence-electron chi connectivity index (χ3n) is 1.16. The van der Waals surface area contributed by atoms with Crippen LogP contribution in [-0.4, -0.2) is 3.86 Å². The molecular formula is C7H4Br2FIN2. The summed E-state index contributed by atoms with van der Waals surface area (Å²) in [5.74, 6) is -0.266. The molecule has 0 N–H and O–H groups in total. The first kappa shape index (κ1) is 11.5. The molecule has 0 saturated heterocycles. The van der Waals surface area contributed by atoms with Gasteiger partial charge in [-0.1, -0.05) is 0 Å². The van der Waals surface area contributed by atoms with E-state index in [1.165, 1.54) is 12.1 Å². The zero-order valence-electron chi connectivity index (χ0n) is 6.22. The highest BCUT2D eigenvalue weighted by atomic mass is 127. The van der Waals surface area contributed by atoms with Gasteiger partial charge in [0.25, 0.3) is 0 Å². The van der Waals surface area contributed by atoms with Crippen LogP contribution in [0.3, 0.4) is 0 Å². The average Bonchev–Trinajstić information content (AvgIpc) is 2.02. The molecule has 70 valence electrons. The second-order valence-corrected chi connectivity index (χ2v) is 6.21. The van der Waals surface area contributed by atoms with E-state index in [0.29, 0.717) is 5.69 Å². The highest BCUT2D eigenvalue weighted by Crippen LogP contribution is 2.23. The molecule has 0 aromatic heterocycles. The largest absolute Gasteiger partial charge is 0.207 e. The molecule has 0 radical (unpaired) electrons. The van der Waals surface area contributed by atoms with E-state index in [9.17, 15) is 4.39 Å². The van der Waals surface area contributed by atoms with Gasteiger partial charge in [0.2, 0.25) is 0 Å². The molecule has 0 fully saturated rings. The molecule has 0 spiro atoms. The summed E-state index contributed by atoms with van der Waals surface area (Å²) in [4.78, 5) is 0. The Labute approximate surface area is 105 Å². The molecule has 1 rings (SSSR count). The Morgan fingerprint density at radius 1 is 1.38 bits per heavy atom. The standard InChI is InChI=1S/C7H4Br2FIN2/c8-7(9)13-12-6-2-1-4(10)3-5(6)11/h1-3,7H. The van der Waals surface area contributed by atoms with E-state index >= 15 is 0 Å². The number of hydrogen-bond acceptors (Lipinski definition) is 2. The van der Waals surface area contributed by atoms with Crippen molar-refractivity contribution in [3.8, 4) is 0 Å². The van der Waals surface area contributed by atoms with Gasteiger partial charge in [0.05, 0.1) is 5.69 Å². The van der Waals surface area contributed by atoms with E-state index in [-0.39, 0.29) is 9.68 Å². The van der Waals surface area contributed by atoms with E-state index in [1.54, 1.807) is 6.07 Å². The summed E-state index contributed by atoms with van der Waals surface area (Å²) < 4.78 is 13.2. The molecule has 0 aliphatic carbocycles. The van der Waals surface area contributed by atoms with E-state index < -0.39 is 0 Å². The number of alkyl halides is 2. The zero-order chi connectivity index (χ0) is 9.84. The topological polar surface area (TPSA) is 24.7 Å². The molecule has 13 heavy (non-hydrogen) atoms. The SMILES string of the molecule is Fc1ccc(N=NC(Br)Br)c(I)c1. The first-order chi connectivity index (χ1) is 6.09. The van der Waals surface area contributed by atoms with Crippen LogP contribution in [0.15, 0.2) is 28.4 Å². The van der Waals surface area contributed by atoms with Crippen LogP contribution in [0.1, 0.15) is 0 Å². The highest BCUT2D eigenvalue weighted by molar-refractivity contribution is 14.1. The lowest BCUT2D eigenvalue weighted by molar-refractivity contribution is 0.627. The summed E-state index contributed by atoms with van der Waals surface area (Å²) in [6.45, 7) is 0. The number of hydrogen-bond donors (Lipinski definition) is 0. The van der Waals surface area contributed by atoms with Crippen molar-refractivity contribution in [1.29, 1.82) is 0 Å². The Kier molecular flexibility index (Phi) is 4.74. The molecule has 1 aromatic rings. The molecule has 1 aromatic carbocycles. The van der Waals surface area contributed by atoms with Gasteiger partial charge in [0.15, 0.2) is 3.86 Å². The van der Waals surface area contributed by atoms with Crippen molar-refractivity contribution in [3.05, 3.63) is 27.6 Å². The number of nitrogens with zero attached hydrogens (tertiary/aromatic N) is 2. The highest BCUT2D eigenvalue weighted by Gasteiger charge is 2.00. The predicted octanol–water partition coefficient (Wildman–Crippen LogP) is 4.59. The van der Waals surface area contributed by atoms with Gasteiger partial charge >= 0.3 is 0 Å². The summed E-state index contributed by atoms with van der Waals surface area (Å²) >= 11 is 8.31.